The van der Waals surface area contributed by atoms with E-state index < -0.39 is 0 Å². The second kappa shape index (κ2) is 6.11. The van der Waals surface area contributed by atoms with E-state index in [2.05, 4.69) is 10.0 Å². The summed E-state index contributed by atoms with van der Waals surface area (Å²) >= 11 is 0. The summed E-state index contributed by atoms with van der Waals surface area (Å²) in [7, 11) is 0. The van der Waals surface area contributed by atoms with Gasteiger partial charge in [-0.1, -0.05) is 35.4 Å². The van der Waals surface area contributed by atoms with Crippen LogP contribution in [0.1, 0.15) is 24.9 Å². The van der Waals surface area contributed by atoms with Crippen molar-refractivity contribution in [3.8, 4) is 0 Å². The first-order valence-corrected chi connectivity index (χ1v) is 6.28. The van der Waals surface area contributed by atoms with Crippen LogP contribution in [-0.4, -0.2) is 30.2 Å². The van der Waals surface area contributed by atoms with E-state index in [-0.39, 0.29) is 18.2 Å². The molecule has 1 fully saturated rings. The summed E-state index contributed by atoms with van der Waals surface area (Å²) in [6.07, 6.45) is 0.277. The minimum Gasteiger partial charge on any atom is -0.450 e. The second-order valence-corrected chi connectivity index (χ2v) is 4.37. The fourth-order valence-electron chi connectivity index (χ4n) is 2.37. The normalized spacial score (nSPS) is 21.8. The van der Waals surface area contributed by atoms with Crippen molar-refractivity contribution in [2.45, 2.75) is 25.4 Å². The van der Waals surface area contributed by atoms with Crippen molar-refractivity contribution < 1.29 is 9.53 Å². The Morgan fingerprint density at radius 1 is 1.53 bits per heavy atom. The molecule has 100 valence electrons. The molecule has 0 unspecified atom stereocenters. The zero-order valence-corrected chi connectivity index (χ0v) is 10.8. The first-order valence-electron chi connectivity index (χ1n) is 6.28. The van der Waals surface area contributed by atoms with Crippen molar-refractivity contribution in [3.05, 3.63) is 46.3 Å². The smallest absolute Gasteiger partial charge is 0.410 e. The largest absolute Gasteiger partial charge is 0.450 e. The number of carbonyl (C=O) groups excluding carboxylic acids is 1. The quantitative estimate of drug-likeness (QED) is 0.475. The van der Waals surface area contributed by atoms with E-state index in [1.165, 1.54) is 0 Å². The van der Waals surface area contributed by atoms with Crippen molar-refractivity contribution in [2.75, 3.05) is 13.2 Å². The number of likely N-dealkylation sites (tertiary alicyclic amines) is 1. The van der Waals surface area contributed by atoms with Crippen molar-refractivity contribution in [3.63, 3.8) is 0 Å². The second-order valence-electron chi connectivity index (χ2n) is 4.37. The van der Waals surface area contributed by atoms with E-state index in [0.717, 1.165) is 5.56 Å². The van der Waals surface area contributed by atoms with Gasteiger partial charge in [-0.15, -0.1) is 0 Å². The molecule has 1 amide bonds. The molecule has 1 aromatic rings. The van der Waals surface area contributed by atoms with Crippen molar-refractivity contribution in [2.24, 2.45) is 5.11 Å². The molecule has 2 rings (SSSR count). The van der Waals surface area contributed by atoms with Crippen LogP contribution in [0.4, 0.5) is 4.79 Å². The third-order valence-corrected chi connectivity index (χ3v) is 3.18. The first-order chi connectivity index (χ1) is 9.26. The lowest BCUT2D eigenvalue weighted by molar-refractivity contribution is 0.102. The van der Waals surface area contributed by atoms with Gasteiger partial charge in [-0.05, 0) is 24.4 Å². The number of nitrogens with zero attached hydrogens (tertiary/aromatic N) is 4. The van der Waals surface area contributed by atoms with Gasteiger partial charge in [0.05, 0.1) is 18.7 Å². The minimum atomic E-state index is -0.355. The number of ether oxygens (including phenoxy) is 1. The molecule has 0 radical (unpaired) electrons. The molecule has 0 N–H and O–H groups in total. The average Bonchev–Trinajstić information content (AvgIpc) is 2.85. The molecule has 0 bridgehead atoms. The van der Waals surface area contributed by atoms with Gasteiger partial charge in [0, 0.05) is 11.5 Å². The van der Waals surface area contributed by atoms with Crippen LogP contribution >= 0.6 is 0 Å². The monoisotopic (exact) mass is 260 g/mol. The molecule has 1 aromatic carbocycles. The number of amides is 1. The molecule has 1 heterocycles. The highest BCUT2D eigenvalue weighted by atomic mass is 16.6. The van der Waals surface area contributed by atoms with Gasteiger partial charge in [-0.3, -0.25) is 0 Å². The van der Waals surface area contributed by atoms with Gasteiger partial charge in [0.1, 0.15) is 0 Å². The zero-order valence-electron chi connectivity index (χ0n) is 10.8. The molecular weight excluding hydrogens is 244 g/mol. The van der Waals surface area contributed by atoms with Crippen molar-refractivity contribution in [1.29, 1.82) is 0 Å². The first kappa shape index (κ1) is 13.2. The van der Waals surface area contributed by atoms with Crippen LogP contribution < -0.4 is 0 Å². The van der Waals surface area contributed by atoms with E-state index in [1.54, 1.807) is 11.8 Å². The zero-order chi connectivity index (χ0) is 13.7. The SMILES string of the molecule is CCOC(=O)N1C[C@@H](N=[N+]=[N-])C[C@@H]1c1ccccc1. The molecule has 1 aliphatic rings. The summed E-state index contributed by atoms with van der Waals surface area (Å²) in [6, 6.07) is 9.44. The van der Waals surface area contributed by atoms with Gasteiger partial charge in [0.2, 0.25) is 0 Å². The molecule has 1 aliphatic heterocycles. The molecule has 0 spiro atoms. The van der Waals surface area contributed by atoms with E-state index in [9.17, 15) is 4.79 Å². The van der Waals surface area contributed by atoms with E-state index >= 15 is 0 Å². The third-order valence-electron chi connectivity index (χ3n) is 3.18. The molecule has 1 saturated heterocycles. The van der Waals surface area contributed by atoms with Crippen LogP contribution in [0.2, 0.25) is 0 Å². The molecule has 2 atom stereocenters. The fraction of sp³-hybridized carbons (Fsp3) is 0.462. The van der Waals surface area contributed by atoms with Crippen molar-refractivity contribution in [1.82, 2.24) is 4.90 Å². The summed E-state index contributed by atoms with van der Waals surface area (Å²) in [4.78, 5) is 16.4. The molecule has 0 aliphatic carbocycles. The minimum absolute atomic E-state index is 0.0873. The Morgan fingerprint density at radius 2 is 2.26 bits per heavy atom. The Morgan fingerprint density at radius 3 is 2.89 bits per heavy atom. The number of benzene rings is 1. The molecule has 0 saturated carbocycles. The highest BCUT2D eigenvalue weighted by molar-refractivity contribution is 5.69. The van der Waals surface area contributed by atoms with Gasteiger partial charge in [-0.25, -0.2) is 4.79 Å². The lowest BCUT2D eigenvalue weighted by Crippen LogP contribution is -2.32. The molecule has 6 heteroatoms. The standard InChI is InChI=1S/C13H16N4O2/c1-2-19-13(18)17-9-11(15-16-14)8-12(17)10-6-4-3-5-7-10/h3-7,11-12H,2,8-9H2,1H3/t11-,12+/m0/s1. The molecular formula is C13H16N4O2. The Bertz CT molecular complexity index is 485. The van der Waals surface area contributed by atoms with Gasteiger partial charge in [0.25, 0.3) is 0 Å². The summed E-state index contributed by atoms with van der Waals surface area (Å²) in [5, 5.41) is 3.72. The number of rotatable bonds is 3. The Kier molecular flexibility index (Phi) is 4.26. The highest BCUT2D eigenvalue weighted by Gasteiger charge is 2.36. The van der Waals surface area contributed by atoms with Gasteiger partial charge in [0.15, 0.2) is 0 Å². The van der Waals surface area contributed by atoms with E-state index in [0.29, 0.717) is 19.6 Å². The Hall–Kier alpha value is -2.20. The summed E-state index contributed by atoms with van der Waals surface area (Å²) in [5.74, 6) is 0. The van der Waals surface area contributed by atoms with E-state index in [1.807, 2.05) is 30.3 Å². The maximum Gasteiger partial charge on any atom is 0.410 e. The van der Waals surface area contributed by atoms with Crippen LogP contribution in [0.3, 0.4) is 0 Å². The van der Waals surface area contributed by atoms with Crippen LogP contribution in [0.25, 0.3) is 10.4 Å². The Labute approximate surface area is 111 Å². The van der Waals surface area contributed by atoms with Crippen LogP contribution in [-0.2, 0) is 4.74 Å². The maximum atomic E-state index is 11.9. The molecule has 0 aromatic heterocycles. The maximum absolute atomic E-state index is 11.9. The van der Waals surface area contributed by atoms with Gasteiger partial charge >= 0.3 is 6.09 Å². The predicted molar refractivity (Wildman–Crippen MR) is 70.5 cm³/mol. The summed E-state index contributed by atoms with van der Waals surface area (Å²) < 4.78 is 5.06. The predicted octanol–water partition coefficient (Wildman–Crippen LogP) is 3.27. The number of hydrogen-bond donors (Lipinski definition) is 0. The lowest BCUT2D eigenvalue weighted by atomic mass is 10.0. The number of azide groups is 1. The number of carbonyl (C=O) groups is 1. The summed E-state index contributed by atoms with van der Waals surface area (Å²) in [5.41, 5.74) is 9.57. The summed E-state index contributed by atoms with van der Waals surface area (Å²) in [6.45, 7) is 2.52. The average molecular weight is 260 g/mol. The molecule has 19 heavy (non-hydrogen) atoms. The highest BCUT2D eigenvalue weighted by Crippen LogP contribution is 2.33. The van der Waals surface area contributed by atoms with Crippen LogP contribution in [0, 0.1) is 0 Å². The van der Waals surface area contributed by atoms with Crippen LogP contribution in [0.5, 0.6) is 0 Å². The topological polar surface area (TPSA) is 78.3 Å². The number of hydrogen-bond acceptors (Lipinski definition) is 3. The van der Waals surface area contributed by atoms with Gasteiger partial charge < -0.3 is 9.64 Å². The van der Waals surface area contributed by atoms with Crippen LogP contribution in [0.15, 0.2) is 35.4 Å². The Balaban J connectivity index is 2.22. The van der Waals surface area contributed by atoms with E-state index in [4.69, 9.17) is 10.3 Å². The molecule has 6 nitrogen and oxygen atoms in total. The fourth-order valence-corrected chi connectivity index (χ4v) is 2.37. The lowest BCUT2D eigenvalue weighted by Gasteiger charge is -2.23. The van der Waals surface area contributed by atoms with Gasteiger partial charge in [-0.2, -0.15) is 0 Å². The van der Waals surface area contributed by atoms with Crippen molar-refractivity contribution >= 4 is 6.09 Å². The third kappa shape index (κ3) is 2.98.